The van der Waals surface area contributed by atoms with Crippen LogP contribution in [0.1, 0.15) is 11.4 Å². The van der Waals surface area contributed by atoms with Gasteiger partial charge in [0.05, 0.1) is 0 Å². The van der Waals surface area contributed by atoms with E-state index in [2.05, 4.69) is 22.2 Å². The van der Waals surface area contributed by atoms with Crippen molar-refractivity contribution in [2.24, 2.45) is 7.05 Å². The number of hydrogen-bond donors (Lipinski definition) is 0. The van der Waals surface area contributed by atoms with Gasteiger partial charge in [-0.25, -0.2) is 4.68 Å². The van der Waals surface area contributed by atoms with Crippen LogP contribution in [0.5, 0.6) is 0 Å². The Balaban J connectivity index is 3.34. The van der Waals surface area contributed by atoms with Crippen LogP contribution in [0, 0.1) is 24.7 Å². The largest absolute Gasteiger partial charge is 0.239 e. The van der Waals surface area contributed by atoms with Crippen LogP contribution in [0.4, 0.5) is 0 Å². The summed E-state index contributed by atoms with van der Waals surface area (Å²) in [5.41, 5.74) is 0.965. The SMILES string of the molecule is C#Cc1nnn(C)c1C#C. The second-order valence-corrected chi connectivity index (χ2v) is 1.70. The quantitative estimate of drug-likeness (QED) is 0.456. The van der Waals surface area contributed by atoms with Gasteiger partial charge in [0.1, 0.15) is 5.69 Å². The summed E-state index contributed by atoms with van der Waals surface area (Å²) in [6.45, 7) is 0. The lowest BCUT2D eigenvalue weighted by Crippen LogP contribution is -1.93. The lowest BCUT2D eigenvalue weighted by Gasteiger charge is -1.86. The van der Waals surface area contributed by atoms with Crippen LogP contribution in [0.2, 0.25) is 0 Å². The molecule has 0 spiro atoms. The molecule has 0 aliphatic heterocycles. The molecule has 1 rings (SSSR count). The van der Waals surface area contributed by atoms with E-state index in [1.54, 1.807) is 7.05 Å². The first-order valence-electron chi connectivity index (χ1n) is 2.62. The molecule has 1 aromatic rings. The van der Waals surface area contributed by atoms with Gasteiger partial charge in [-0.3, -0.25) is 0 Å². The summed E-state index contributed by atoms with van der Waals surface area (Å²) in [7, 11) is 1.70. The molecule has 10 heavy (non-hydrogen) atoms. The van der Waals surface area contributed by atoms with Gasteiger partial charge in [-0.2, -0.15) is 0 Å². The molecule has 1 heterocycles. The molecule has 0 bridgehead atoms. The highest BCUT2D eigenvalue weighted by Crippen LogP contribution is 1.97. The van der Waals surface area contributed by atoms with Crippen molar-refractivity contribution in [3.05, 3.63) is 11.4 Å². The normalized spacial score (nSPS) is 8.30. The molecule has 0 saturated heterocycles. The number of nitrogens with zero attached hydrogens (tertiary/aromatic N) is 3. The Morgan fingerprint density at radius 1 is 1.40 bits per heavy atom. The maximum absolute atomic E-state index is 5.13. The molecule has 0 fully saturated rings. The summed E-state index contributed by atoms with van der Waals surface area (Å²) in [6, 6.07) is 0. The van der Waals surface area contributed by atoms with Crippen LogP contribution >= 0.6 is 0 Å². The van der Waals surface area contributed by atoms with Crippen molar-refractivity contribution in [2.75, 3.05) is 0 Å². The fourth-order valence-electron chi connectivity index (χ4n) is 0.616. The monoisotopic (exact) mass is 131 g/mol. The second-order valence-electron chi connectivity index (χ2n) is 1.70. The molecule has 0 aliphatic carbocycles. The number of rotatable bonds is 0. The van der Waals surface area contributed by atoms with Gasteiger partial charge >= 0.3 is 0 Å². The van der Waals surface area contributed by atoms with Crippen LogP contribution in [0.15, 0.2) is 0 Å². The summed E-state index contributed by atoms with van der Waals surface area (Å²) in [5.74, 6) is 4.72. The highest BCUT2D eigenvalue weighted by Gasteiger charge is 2.02. The number of aryl methyl sites for hydroxylation is 1. The van der Waals surface area contributed by atoms with Crippen LogP contribution in [0.25, 0.3) is 0 Å². The smallest absolute Gasteiger partial charge is 0.171 e. The average molecular weight is 131 g/mol. The fraction of sp³-hybridized carbons (Fsp3) is 0.143. The molecule has 0 unspecified atom stereocenters. The van der Waals surface area contributed by atoms with Crippen LogP contribution in [-0.2, 0) is 7.05 Å². The van der Waals surface area contributed by atoms with Crippen molar-refractivity contribution in [1.82, 2.24) is 15.0 Å². The van der Waals surface area contributed by atoms with E-state index >= 15 is 0 Å². The van der Waals surface area contributed by atoms with Crippen molar-refractivity contribution >= 4 is 0 Å². The third-order valence-electron chi connectivity index (χ3n) is 1.10. The summed E-state index contributed by atoms with van der Waals surface area (Å²) < 4.78 is 1.47. The van der Waals surface area contributed by atoms with Gasteiger partial charge in [0.2, 0.25) is 0 Å². The number of aromatic nitrogens is 3. The van der Waals surface area contributed by atoms with Crippen LogP contribution in [-0.4, -0.2) is 15.0 Å². The van der Waals surface area contributed by atoms with Crippen molar-refractivity contribution in [3.8, 4) is 24.7 Å². The predicted molar refractivity (Wildman–Crippen MR) is 36.9 cm³/mol. The minimum Gasteiger partial charge on any atom is -0.239 e. The van der Waals surface area contributed by atoms with Gasteiger partial charge in [-0.05, 0) is 11.8 Å². The first kappa shape index (κ1) is 6.38. The van der Waals surface area contributed by atoms with E-state index in [0.29, 0.717) is 11.4 Å². The van der Waals surface area contributed by atoms with E-state index in [1.807, 2.05) is 0 Å². The third kappa shape index (κ3) is 0.744. The van der Waals surface area contributed by atoms with E-state index in [-0.39, 0.29) is 0 Å². The molecule has 0 saturated carbocycles. The predicted octanol–water partition coefficient (Wildman–Crippen LogP) is -0.222. The summed E-state index contributed by atoms with van der Waals surface area (Å²) in [4.78, 5) is 0. The zero-order valence-corrected chi connectivity index (χ0v) is 5.50. The van der Waals surface area contributed by atoms with Gasteiger partial charge in [0.25, 0.3) is 0 Å². The summed E-state index contributed by atoms with van der Waals surface area (Å²) >= 11 is 0. The summed E-state index contributed by atoms with van der Waals surface area (Å²) in [5, 5.41) is 7.28. The zero-order valence-electron chi connectivity index (χ0n) is 5.50. The Kier molecular flexibility index (Phi) is 1.43. The molecule has 3 nitrogen and oxygen atoms in total. The van der Waals surface area contributed by atoms with Crippen molar-refractivity contribution in [1.29, 1.82) is 0 Å². The van der Waals surface area contributed by atoms with E-state index in [9.17, 15) is 0 Å². The topological polar surface area (TPSA) is 30.7 Å². The number of terminal acetylenes is 2. The molecule has 0 atom stereocenters. The third-order valence-corrected chi connectivity index (χ3v) is 1.10. The van der Waals surface area contributed by atoms with Crippen LogP contribution in [0.3, 0.4) is 0 Å². The highest BCUT2D eigenvalue weighted by molar-refractivity contribution is 5.38. The summed E-state index contributed by atoms with van der Waals surface area (Å²) in [6.07, 6.45) is 10.2. The number of hydrogen-bond acceptors (Lipinski definition) is 2. The molecule has 1 aromatic heterocycles. The van der Waals surface area contributed by atoms with E-state index < -0.39 is 0 Å². The highest BCUT2D eigenvalue weighted by atomic mass is 15.4. The maximum Gasteiger partial charge on any atom is 0.171 e. The Morgan fingerprint density at radius 3 is 2.50 bits per heavy atom. The molecule has 48 valence electrons. The maximum atomic E-state index is 5.13. The Bertz CT molecular complexity index is 322. The molecule has 0 amide bonds. The first-order chi connectivity index (χ1) is 4.79. The van der Waals surface area contributed by atoms with Crippen LogP contribution < -0.4 is 0 Å². The zero-order chi connectivity index (χ0) is 7.56. The standard InChI is InChI=1S/C7H5N3/c1-4-6-7(5-2)10(3)9-8-6/h1-2H,3H3. The van der Waals surface area contributed by atoms with Crippen molar-refractivity contribution in [2.45, 2.75) is 0 Å². The molecule has 0 N–H and O–H groups in total. The molecule has 0 radical (unpaired) electrons. The Morgan fingerprint density at radius 2 is 2.10 bits per heavy atom. The molecule has 0 aromatic carbocycles. The lowest BCUT2D eigenvalue weighted by atomic mass is 10.3. The molecule has 0 aliphatic rings. The van der Waals surface area contributed by atoms with Crippen molar-refractivity contribution < 1.29 is 0 Å². The van der Waals surface area contributed by atoms with Gasteiger partial charge in [0, 0.05) is 7.05 Å². The average Bonchev–Trinajstić information content (AvgIpc) is 2.30. The molecule has 3 heteroatoms. The Labute approximate surface area is 59.0 Å². The van der Waals surface area contributed by atoms with E-state index in [1.165, 1.54) is 4.68 Å². The first-order valence-corrected chi connectivity index (χ1v) is 2.62. The van der Waals surface area contributed by atoms with Gasteiger partial charge in [-0.15, -0.1) is 17.9 Å². The minimum atomic E-state index is 0.421. The molecular weight excluding hydrogens is 126 g/mol. The molecular formula is C7H5N3. The van der Waals surface area contributed by atoms with Crippen molar-refractivity contribution in [3.63, 3.8) is 0 Å². The lowest BCUT2D eigenvalue weighted by molar-refractivity contribution is 0.708. The van der Waals surface area contributed by atoms with E-state index in [4.69, 9.17) is 12.8 Å². The van der Waals surface area contributed by atoms with Gasteiger partial charge < -0.3 is 0 Å². The minimum absolute atomic E-state index is 0.421. The second kappa shape index (κ2) is 2.24. The van der Waals surface area contributed by atoms with Gasteiger partial charge in [-0.1, -0.05) is 5.21 Å². The fourth-order valence-corrected chi connectivity index (χ4v) is 0.616. The van der Waals surface area contributed by atoms with Gasteiger partial charge in [0.15, 0.2) is 5.69 Å². The Hall–Kier alpha value is -1.74. The van der Waals surface area contributed by atoms with E-state index in [0.717, 1.165) is 0 Å².